The predicted octanol–water partition coefficient (Wildman–Crippen LogP) is 2.49. The Morgan fingerprint density at radius 2 is 2.41 bits per heavy atom. The van der Waals surface area contributed by atoms with Crippen molar-refractivity contribution in [2.24, 2.45) is 4.99 Å². The third-order valence-electron chi connectivity index (χ3n) is 2.03. The molecule has 1 aliphatic rings. The maximum absolute atomic E-state index is 8.56. The molecule has 7 heteroatoms. The van der Waals surface area contributed by atoms with Crippen LogP contribution in [0.1, 0.15) is 0 Å². The fourth-order valence-electron chi connectivity index (χ4n) is 1.31. The summed E-state index contributed by atoms with van der Waals surface area (Å²) in [5.74, 6) is 1.11. The highest BCUT2D eigenvalue weighted by molar-refractivity contribution is 8.13. The normalized spacial score (nSPS) is 13.4. The molecule has 0 amide bonds. The van der Waals surface area contributed by atoms with E-state index in [2.05, 4.69) is 10.3 Å². The monoisotopic (exact) mass is 269 g/mol. The van der Waals surface area contributed by atoms with Crippen LogP contribution in [0.2, 0.25) is 5.02 Å². The second-order valence-corrected chi connectivity index (χ2v) is 4.19. The number of hydrogen-bond donors (Lipinski definition) is 1. The summed E-state index contributed by atoms with van der Waals surface area (Å²) < 4.78 is 10.5. The van der Waals surface area contributed by atoms with Crippen LogP contribution in [0.15, 0.2) is 17.1 Å². The molecule has 0 aromatic heterocycles. The number of nitrogens with one attached hydrogen (secondary N) is 1. The maximum atomic E-state index is 8.56. The standard InChI is InChI=1S/C10H8ClN3O2S/c1-17-10(13-4-12)14-8-6(11)2-3-7-9(8)16-5-15-7/h2-3H,5H2,1H3,(H,13,14). The van der Waals surface area contributed by atoms with Crippen LogP contribution in [-0.2, 0) is 0 Å². The number of ether oxygens (including phenoxy) is 2. The van der Waals surface area contributed by atoms with Gasteiger partial charge >= 0.3 is 0 Å². The minimum atomic E-state index is 0.151. The molecule has 1 N–H and O–H groups in total. The highest BCUT2D eigenvalue weighted by Crippen LogP contribution is 2.45. The molecule has 0 saturated carbocycles. The van der Waals surface area contributed by atoms with E-state index < -0.39 is 0 Å². The molecule has 1 aromatic carbocycles. The van der Waals surface area contributed by atoms with Gasteiger partial charge in [-0.1, -0.05) is 23.4 Å². The number of nitriles is 1. The molecule has 0 unspecified atom stereocenters. The molecular formula is C10H8ClN3O2S. The largest absolute Gasteiger partial charge is 0.454 e. The number of rotatable bonds is 1. The number of nitrogens with zero attached hydrogens (tertiary/aromatic N) is 2. The molecule has 17 heavy (non-hydrogen) atoms. The molecule has 0 spiro atoms. The Hall–Kier alpha value is -1.58. The molecule has 0 aliphatic carbocycles. The minimum absolute atomic E-state index is 0.151. The molecule has 1 aromatic rings. The quantitative estimate of drug-likeness (QED) is 0.367. The Morgan fingerprint density at radius 3 is 3.12 bits per heavy atom. The Kier molecular flexibility index (Phi) is 3.61. The van der Waals surface area contributed by atoms with E-state index in [0.717, 1.165) is 0 Å². The minimum Gasteiger partial charge on any atom is -0.454 e. The summed E-state index contributed by atoms with van der Waals surface area (Å²) in [4.78, 5) is 4.25. The predicted molar refractivity (Wildman–Crippen MR) is 66.9 cm³/mol. The number of thioether (sulfide) groups is 1. The number of fused-ring (bicyclic) bond motifs is 1. The van der Waals surface area contributed by atoms with E-state index in [-0.39, 0.29) is 6.79 Å². The van der Waals surface area contributed by atoms with Crippen LogP contribution in [0.4, 0.5) is 5.69 Å². The zero-order valence-corrected chi connectivity index (χ0v) is 10.4. The maximum Gasteiger partial charge on any atom is 0.231 e. The van der Waals surface area contributed by atoms with Crippen molar-refractivity contribution >= 4 is 34.2 Å². The van der Waals surface area contributed by atoms with E-state index >= 15 is 0 Å². The molecule has 5 nitrogen and oxygen atoms in total. The van der Waals surface area contributed by atoms with Crippen molar-refractivity contribution in [1.29, 1.82) is 5.26 Å². The first-order valence-electron chi connectivity index (χ1n) is 4.62. The van der Waals surface area contributed by atoms with E-state index in [9.17, 15) is 0 Å². The van der Waals surface area contributed by atoms with Crippen LogP contribution in [0.3, 0.4) is 0 Å². The van der Waals surface area contributed by atoms with E-state index in [1.807, 2.05) is 6.19 Å². The number of halogens is 1. The van der Waals surface area contributed by atoms with Crippen LogP contribution in [0.5, 0.6) is 11.5 Å². The van der Waals surface area contributed by atoms with Gasteiger partial charge < -0.3 is 9.47 Å². The second-order valence-electron chi connectivity index (χ2n) is 2.99. The highest BCUT2D eigenvalue weighted by Gasteiger charge is 2.20. The van der Waals surface area contributed by atoms with Crippen molar-refractivity contribution < 1.29 is 9.47 Å². The van der Waals surface area contributed by atoms with Gasteiger partial charge in [-0.25, -0.2) is 4.99 Å². The van der Waals surface area contributed by atoms with E-state index in [1.165, 1.54) is 11.8 Å². The average molecular weight is 270 g/mol. The molecule has 0 fully saturated rings. The zero-order chi connectivity index (χ0) is 12.3. The van der Waals surface area contributed by atoms with Gasteiger partial charge in [0.25, 0.3) is 0 Å². The van der Waals surface area contributed by atoms with Crippen LogP contribution in [0.25, 0.3) is 0 Å². The average Bonchev–Trinajstić information content (AvgIpc) is 2.80. The molecule has 2 rings (SSSR count). The van der Waals surface area contributed by atoms with Gasteiger partial charge in [-0.15, -0.1) is 0 Å². The fraction of sp³-hybridized carbons (Fsp3) is 0.200. The van der Waals surface area contributed by atoms with Gasteiger partial charge in [0.2, 0.25) is 6.79 Å². The molecule has 1 aliphatic heterocycles. The molecular weight excluding hydrogens is 262 g/mol. The van der Waals surface area contributed by atoms with Crippen molar-refractivity contribution in [3.05, 3.63) is 17.2 Å². The number of amidine groups is 1. The van der Waals surface area contributed by atoms with Gasteiger partial charge in [0.05, 0.1) is 5.02 Å². The summed E-state index contributed by atoms with van der Waals surface area (Å²) in [7, 11) is 0. The van der Waals surface area contributed by atoms with E-state index in [4.69, 9.17) is 26.3 Å². The summed E-state index contributed by atoms with van der Waals surface area (Å²) in [6.07, 6.45) is 3.61. The van der Waals surface area contributed by atoms with Gasteiger partial charge in [0, 0.05) is 0 Å². The molecule has 88 valence electrons. The topological polar surface area (TPSA) is 66.6 Å². The molecule has 0 atom stereocenters. The third-order valence-corrected chi connectivity index (χ3v) is 2.92. The first kappa shape index (κ1) is 11.9. The summed E-state index contributed by atoms with van der Waals surface area (Å²) in [5, 5.41) is 11.9. The number of benzene rings is 1. The number of aliphatic imine (C=N–C) groups is 1. The Morgan fingerprint density at radius 1 is 1.59 bits per heavy atom. The van der Waals surface area contributed by atoms with Crippen LogP contribution in [-0.4, -0.2) is 18.2 Å². The first-order valence-corrected chi connectivity index (χ1v) is 6.22. The van der Waals surface area contributed by atoms with Crippen molar-refractivity contribution in [1.82, 2.24) is 5.32 Å². The molecule has 0 bridgehead atoms. The Balaban J connectivity index is 2.45. The van der Waals surface area contributed by atoms with Crippen molar-refractivity contribution in [3.63, 3.8) is 0 Å². The zero-order valence-electron chi connectivity index (χ0n) is 8.86. The van der Waals surface area contributed by atoms with Crippen molar-refractivity contribution in [2.75, 3.05) is 13.0 Å². The van der Waals surface area contributed by atoms with Gasteiger partial charge in [-0.05, 0) is 18.4 Å². The number of hydrogen-bond acceptors (Lipinski definition) is 5. The summed E-state index contributed by atoms with van der Waals surface area (Å²) in [6, 6.07) is 3.40. The third kappa shape index (κ3) is 2.40. The van der Waals surface area contributed by atoms with Crippen LogP contribution >= 0.6 is 23.4 Å². The summed E-state index contributed by atoms with van der Waals surface area (Å²) >= 11 is 7.35. The Bertz CT molecular complexity index is 513. The lowest BCUT2D eigenvalue weighted by atomic mass is 10.3. The fourth-order valence-corrected chi connectivity index (χ4v) is 1.83. The van der Waals surface area contributed by atoms with Gasteiger partial charge in [0.15, 0.2) is 22.9 Å². The van der Waals surface area contributed by atoms with Gasteiger partial charge in [0.1, 0.15) is 5.69 Å². The molecule has 0 radical (unpaired) electrons. The van der Waals surface area contributed by atoms with Gasteiger partial charge in [-0.2, -0.15) is 5.26 Å². The van der Waals surface area contributed by atoms with Crippen molar-refractivity contribution in [2.45, 2.75) is 0 Å². The van der Waals surface area contributed by atoms with E-state index in [1.54, 1.807) is 18.4 Å². The Labute approximate surface area is 107 Å². The second kappa shape index (κ2) is 5.17. The summed E-state index contributed by atoms with van der Waals surface area (Å²) in [5.41, 5.74) is 0.466. The van der Waals surface area contributed by atoms with Gasteiger partial charge in [-0.3, -0.25) is 5.32 Å². The smallest absolute Gasteiger partial charge is 0.231 e. The lowest BCUT2D eigenvalue weighted by Gasteiger charge is -2.05. The SMILES string of the molecule is CSC(=Nc1c(Cl)ccc2c1OCO2)NC#N. The molecule has 1 heterocycles. The lowest BCUT2D eigenvalue weighted by Crippen LogP contribution is -2.12. The van der Waals surface area contributed by atoms with E-state index in [0.29, 0.717) is 27.4 Å². The van der Waals surface area contributed by atoms with Crippen LogP contribution in [0, 0.1) is 11.5 Å². The lowest BCUT2D eigenvalue weighted by molar-refractivity contribution is 0.174. The first-order chi connectivity index (χ1) is 8.26. The van der Waals surface area contributed by atoms with Crippen LogP contribution < -0.4 is 14.8 Å². The molecule has 0 saturated heterocycles. The highest BCUT2D eigenvalue weighted by atomic mass is 35.5. The summed E-state index contributed by atoms with van der Waals surface area (Å²) in [6.45, 7) is 0.151. The van der Waals surface area contributed by atoms with Crippen molar-refractivity contribution in [3.8, 4) is 17.7 Å².